The number of hydrogen-bond acceptors (Lipinski definition) is 2. The largest absolute Gasteiger partial charge is 0.341 e. The van der Waals surface area contributed by atoms with E-state index in [2.05, 4.69) is 5.32 Å². The molecule has 2 rings (SSSR count). The molecule has 1 fully saturated rings. The van der Waals surface area contributed by atoms with Crippen LogP contribution in [0.5, 0.6) is 0 Å². The number of hydrogen-bond donors (Lipinski definition) is 1. The van der Waals surface area contributed by atoms with Gasteiger partial charge in [0.2, 0.25) is 5.91 Å². The zero-order valence-electron chi connectivity index (χ0n) is 10.4. The van der Waals surface area contributed by atoms with Gasteiger partial charge < -0.3 is 10.2 Å². The van der Waals surface area contributed by atoms with Gasteiger partial charge >= 0.3 is 0 Å². The predicted octanol–water partition coefficient (Wildman–Crippen LogP) is 2.12. The number of halogens is 2. The zero-order valence-corrected chi connectivity index (χ0v) is 11.9. The monoisotopic (exact) mass is 288 g/mol. The molecular formula is C13H18Cl2N2O. The normalized spacial score (nSPS) is 18.2. The third kappa shape index (κ3) is 3.87. The number of carbonyl (C=O) groups excluding carboxylic acids is 1. The van der Waals surface area contributed by atoms with Gasteiger partial charge in [-0.1, -0.05) is 23.7 Å². The molecule has 5 heteroatoms. The first-order valence-electron chi connectivity index (χ1n) is 5.87. The van der Waals surface area contributed by atoms with Crippen molar-refractivity contribution in [3.63, 3.8) is 0 Å². The molecule has 0 spiro atoms. The molecule has 1 heterocycles. The average molecular weight is 289 g/mol. The third-order valence-corrected chi connectivity index (χ3v) is 3.50. The Kier molecular flexibility index (Phi) is 5.93. The lowest BCUT2D eigenvalue weighted by Crippen LogP contribution is -2.39. The molecule has 0 aromatic heterocycles. The molecule has 1 aromatic carbocycles. The summed E-state index contributed by atoms with van der Waals surface area (Å²) >= 11 is 5.81. The van der Waals surface area contributed by atoms with Gasteiger partial charge in [0.15, 0.2) is 0 Å². The Labute approximate surface area is 119 Å². The van der Waals surface area contributed by atoms with Crippen molar-refractivity contribution in [2.45, 2.75) is 18.9 Å². The molecule has 0 aliphatic carbocycles. The maximum atomic E-state index is 12.0. The SMILES string of the molecule is CN(C(=O)Cc1ccc(Cl)cc1)C1CCNC1.Cl. The highest BCUT2D eigenvalue weighted by molar-refractivity contribution is 6.30. The Hall–Kier alpha value is -0.770. The van der Waals surface area contributed by atoms with Gasteiger partial charge in [-0.15, -0.1) is 12.4 Å². The van der Waals surface area contributed by atoms with Gasteiger partial charge in [-0.05, 0) is 30.7 Å². The number of likely N-dealkylation sites (N-methyl/N-ethyl adjacent to an activating group) is 1. The van der Waals surface area contributed by atoms with Crippen LogP contribution < -0.4 is 5.32 Å². The Bertz CT molecular complexity index is 388. The first kappa shape index (κ1) is 15.3. The van der Waals surface area contributed by atoms with E-state index in [1.165, 1.54) is 0 Å². The smallest absolute Gasteiger partial charge is 0.227 e. The topological polar surface area (TPSA) is 32.3 Å². The molecule has 1 amide bonds. The summed E-state index contributed by atoms with van der Waals surface area (Å²) in [6, 6.07) is 7.79. The van der Waals surface area contributed by atoms with Crippen LogP contribution in [-0.2, 0) is 11.2 Å². The molecule has 18 heavy (non-hydrogen) atoms. The van der Waals surface area contributed by atoms with Gasteiger partial charge in [0.1, 0.15) is 0 Å². The second-order valence-electron chi connectivity index (χ2n) is 4.45. The van der Waals surface area contributed by atoms with Crippen molar-refractivity contribution in [3.05, 3.63) is 34.9 Å². The molecule has 0 saturated carbocycles. The van der Waals surface area contributed by atoms with Crippen LogP contribution in [0.1, 0.15) is 12.0 Å². The van der Waals surface area contributed by atoms with E-state index in [0.717, 1.165) is 25.1 Å². The van der Waals surface area contributed by atoms with E-state index < -0.39 is 0 Å². The summed E-state index contributed by atoms with van der Waals surface area (Å²) in [6.45, 7) is 1.91. The van der Waals surface area contributed by atoms with Gasteiger partial charge in [0, 0.05) is 24.7 Å². The average Bonchev–Trinajstić information content (AvgIpc) is 2.84. The quantitative estimate of drug-likeness (QED) is 0.924. The lowest BCUT2D eigenvalue weighted by Gasteiger charge is -2.23. The summed E-state index contributed by atoms with van der Waals surface area (Å²) in [5.74, 6) is 0.168. The van der Waals surface area contributed by atoms with Crippen LogP contribution in [-0.4, -0.2) is 37.0 Å². The highest BCUT2D eigenvalue weighted by atomic mass is 35.5. The minimum atomic E-state index is 0. The minimum Gasteiger partial charge on any atom is -0.341 e. The van der Waals surface area contributed by atoms with Crippen LogP contribution >= 0.6 is 24.0 Å². The van der Waals surface area contributed by atoms with Crippen molar-refractivity contribution >= 4 is 29.9 Å². The molecule has 1 N–H and O–H groups in total. The van der Waals surface area contributed by atoms with Gasteiger partial charge in [0.25, 0.3) is 0 Å². The molecule has 1 atom stereocenters. The Morgan fingerprint density at radius 3 is 2.67 bits per heavy atom. The van der Waals surface area contributed by atoms with Gasteiger partial charge in [0.05, 0.1) is 6.42 Å². The molecular weight excluding hydrogens is 271 g/mol. The first-order valence-corrected chi connectivity index (χ1v) is 6.25. The minimum absolute atomic E-state index is 0. The van der Waals surface area contributed by atoms with Crippen molar-refractivity contribution in [3.8, 4) is 0 Å². The molecule has 3 nitrogen and oxygen atoms in total. The second kappa shape index (κ2) is 6.98. The number of nitrogens with one attached hydrogen (secondary N) is 1. The van der Waals surface area contributed by atoms with E-state index in [1.54, 1.807) is 0 Å². The lowest BCUT2D eigenvalue weighted by atomic mass is 10.1. The van der Waals surface area contributed by atoms with Crippen molar-refractivity contribution in [2.24, 2.45) is 0 Å². The molecule has 1 aliphatic heterocycles. The van der Waals surface area contributed by atoms with Crippen molar-refractivity contribution in [1.82, 2.24) is 10.2 Å². The van der Waals surface area contributed by atoms with E-state index in [-0.39, 0.29) is 18.3 Å². The number of nitrogens with zero attached hydrogens (tertiary/aromatic N) is 1. The Morgan fingerprint density at radius 1 is 1.44 bits per heavy atom. The van der Waals surface area contributed by atoms with Gasteiger partial charge in [-0.25, -0.2) is 0 Å². The van der Waals surface area contributed by atoms with Crippen LogP contribution in [0.2, 0.25) is 5.02 Å². The van der Waals surface area contributed by atoms with Gasteiger partial charge in [-0.3, -0.25) is 4.79 Å². The first-order chi connectivity index (χ1) is 8.16. The molecule has 1 saturated heterocycles. The maximum absolute atomic E-state index is 12.0. The summed E-state index contributed by atoms with van der Waals surface area (Å²) in [5.41, 5.74) is 1.01. The lowest BCUT2D eigenvalue weighted by molar-refractivity contribution is -0.130. The van der Waals surface area contributed by atoms with Crippen molar-refractivity contribution in [2.75, 3.05) is 20.1 Å². The summed E-state index contributed by atoms with van der Waals surface area (Å²) < 4.78 is 0. The van der Waals surface area contributed by atoms with E-state index in [9.17, 15) is 4.79 Å². The summed E-state index contributed by atoms with van der Waals surface area (Å²) in [6.07, 6.45) is 1.49. The van der Waals surface area contributed by atoms with Crippen molar-refractivity contribution < 1.29 is 4.79 Å². The second-order valence-corrected chi connectivity index (χ2v) is 4.89. The van der Waals surface area contributed by atoms with E-state index in [0.29, 0.717) is 17.5 Å². The number of benzene rings is 1. The van der Waals surface area contributed by atoms with Crippen LogP contribution in [0, 0.1) is 0 Å². The Morgan fingerprint density at radius 2 is 2.11 bits per heavy atom. The van der Waals surface area contributed by atoms with Crippen LogP contribution in [0.15, 0.2) is 24.3 Å². The molecule has 1 aromatic rings. The predicted molar refractivity (Wildman–Crippen MR) is 76.4 cm³/mol. The van der Waals surface area contributed by atoms with E-state index in [1.807, 2.05) is 36.2 Å². The fraction of sp³-hybridized carbons (Fsp3) is 0.462. The molecule has 1 unspecified atom stereocenters. The summed E-state index contributed by atoms with van der Waals surface area (Å²) in [7, 11) is 1.88. The number of rotatable bonds is 3. The molecule has 0 bridgehead atoms. The highest BCUT2D eigenvalue weighted by Gasteiger charge is 2.22. The maximum Gasteiger partial charge on any atom is 0.227 e. The van der Waals surface area contributed by atoms with E-state index >= 15 is 0 Å². The third-order valence-electron chi connectivity index (χ3n) is 3.24. The summed E-state index contributed by atoms with van der Waals surface area (Å²) in [4.78, 5) is 13.9. The molecule has 1 aliphatic rings. The highest BCUT2D eigenvalue weighted by Crippen LogP contribution is 2.12. The van der Waals surface area contributed by atoms with E-state index in [4.69, 9.17) is 11.6 Å². The van der Waals surface area contributed by atoms with Crippen LogP contribution in [0.25, 0.3) is 0 Å². The molecule has 0 radical (unpaired) electrons. The summed E-state index contributed by atoms with van der Waals surface area (Å²) in [5, 5.41) is 3.97. The van der Waals surface area contributed by atoms with Crippen molar-refractivity contribution in [1.29, 1.82) is 0 Å². The zero-order chi connectivity index (χ0) is 12.3. The van der Waals surface area contributed by atoms with Gasteiger partial charge in [-0.2, -0.15) is 0 Å². The number of carbonyl (C=O) groups is 1. The molecule has 100 valence electrons. The van der Waals surface area contributed by atoms with Crippen LogP contribution in [0.3, 0.4) is 0 Å². The Balaban J connectivity index is 0.00000162. The standard InChI is InChI=1S/C13H17ClN2O.ClH/c1-16(12-6-7-15-9-12)13(17)8-10-2-4-11(14)5-3-10;/h2-5,12,15H,6-9H2,1H3;1H. The van der Waals surface area contributed by atoms with Crippen LogP contribution in [0.4, 0.5) is 0 Å². The number of amides is 1. The fourth-order valence-corrected chi connectivity index (χ4v) is 2.20. The fourth-order valence-electron chi connectivity index (χ4n) is 2.08.